The van der Waals surface area contributed by atoms with E-state index in [2.05, 4.69) is 4.99 Å². The molecule has 0 aliphatic carbocycles. The van der Waals surface area contributed by atoms with Gasteiger partial charge in [-0.25, -0.2) is 12.7 Å². The Morgan fingerprint density at radius 3 is 2.43 bits per heavy atom. The summed E-state index contributed by atoms with van der Waals surface area (Å²) in [6.45, 7) is 4.09. The molecular formula is C9H18N2O2S. The van der Waals surface area contributed by atoms with E-state index in [1.807, 2.05) is 13.1 Å². The van der Waals surface area contributed by atoms with E-state index in [9.17, 15) is 8.42 Å². The van der Waals surface area contributed by atoms with E-state index < -0.39 is 10.0 Å². The Hall–Kier alpha value is -0.420. The fraction of sp³-hybridized carbons (Fsp3) is 0.889. The quantitative estimate of drug-likeness (QED) is 0.656. The van der Waals surface area contributed by atoms with E-state index in [0.717, 1.165) is 19.4 Å². The number of rotatable bonds is 3. The maximum absolute atomic E-state index is 11.2. The molecule has 0 N–H and O–H groups in total. The zero-order valence-corrected chi connectivity index (χ0v) is 9.63. The molecule has 1 fully saturated rings. The summed E-state index contributed by atoms with van der Waals surface area (Å²) in [4.78, 5) is 4.19. The lowest BCUT2D eigenvalue weighted by atomic mass is 10.00. The van der Waals surface area contributed by atoms with Crippen LogP contribution in [0, 0.1) is 5.92 Å². The van der Waals surface area contributed by atoms with Gasteiger partial charge in [0.2, 0.25) is 10.0 Å². The number of aliphatic imine (C=N–C) groups is 1. The predicted molar refractivity (Wildman–Crippen MR) is 58.2 cm³/mol. The molecule has 14 heavy (non-hydrogen) atoms. The van der Waals surface area contributed by atoms with Crippen molar-refractivity contribution in [2.24, 2.45) is 10.9 Å². The third-order valence-electron chi connectivity index (χ3n) is 2.47. The molecule has 0 atom stereocenters. The first kappa shape index (κ1) is 11.7. The van der Waals surface area contributed by atoms with Crippen LogP contribution in [0.1, 0.15) is 19.8 Å². The Kier molecular flexibility index (Phi) is 4.07. The number of hydrogen-bond donors (Lipinski definition) is 0. The van der Waals surface area contributed by atoms with Crippen molar-refractivity contribution >= 4 is 16.2 Å². The summed E-state index contributed by atoms with van der Waals surface area (Å²) in [7, 11) is -2.98. The van der Waals surface area contributed by atoms with Crippen molar-refractivity contribution in [3.63, 3.8) is 0 Å². The molecule has 0 spiro atoms. The molecule has 1 aliphatic heterocycles. The van der Waals surface area contributed by atoms with E-state index in [-0.39, 0.29) is 0 Å². The first-order valence-corrected chi connectivity index (χ1v) is 6.84. The Balaban J connectivity index is 2.43. The highest BCUT2D eigenvalue weighted by molar-refractivity contribution is 7.88. The van der Waals surface area contributed by atoms with Gasteiger partial charge in [0.25, 0.3) is 0 Å². The first-order valence-electron chi connectivity index (χ1n) is 4.99. The minimum atomic E-state index is -2.98. The Labute approximate surface area is 86.1 Å². The van der Waals surface area contributed by atoms with Gasteiger partial charge in [0.15, 0.2) is 0 Å². The predicted octanol–water partition coefficient (Wildman–Crippen LogP) is 0.749. The lowest BCUT2D eigenvalue weighted by molar-refractivity contribution is 0.320. The summed E-state index contributed by atoms with van der Waals surface area (Å²) in [5.74, 6) is 0.466. The number of nitrogens with zero attached hydrogens (tertiary/aromatic N) is 2. The van der Waals surface area contributed by atoms with Gasteiger partial charge < -0.3 is 0 Å². The smallest absolute Gasteiger partial charge is 0.211 e. The van der Waals surface area contributed by atoms with Crippen LogP contribution in [-0.4, -0.2) is 44.8 Å². The normalized spacial score (nSPS) is 21.9. The van der Waals surface area contributed by atoms with E-state index in [1.165, 1.54) is 6.26 Å². The Morgan fingerprint density at radius 1 is 1.43 bits per heavy atom. The van der Waals surface area contributed by atoms with Crippen molar-refractivity contribution in [2.75, 3.05) is 25.9 Å². The van der Waals surface area contributed by atoms with Gasteiger partial charge in [0.1, 0.15) is 0 Å². The molecule has 0 amide bonds. The molecule has 0 unspecified atom stereocenters. The molecule has 4 nitrogen and oxygen atoms in total. The zero-order chi connectivity index (χ0) is 10.6. The molecule has 1 rings (SSSR count). The monoisotopic (exact) mass is 218 g/mol. The molecule has 5 heteroatoms. The number of piperidine rings is 1. The van der Waals surface area contributed by atoms with Crippen molar-refractivity contribution in [1.29, 1.82) is 0 Å². The van der Waals surface area contributed by atoms with Crippen molar-refractivity contribution < 1.29 is 8.42 Å². The van der Waals surface area contributed by atoms with Crippen LogP contribution < -0.4 is 0 Å². The molecule has 0 saturated carbocycles. The van der Waals surface area contributed by atoms with E-state index >= 15 is 0 Å². The Morgan fingerprint density at radius 2 is 2.00 bits per heavy atom. The third-order valence-corrected chi connectivity index (χ3v) is 3.77. The summed E-state index contributed by atoms with van der Waals surface area (Å²) in [5.41, 5.74) is 0. The SMILES string of the molecule is CCN=CC1CCN(S(C)(=O)=O)CC1. The van der Waals surface area contributed by atoms with E-state index in [0.29, 0.717) is 19.0 Å². The summed E-state index contributed by atoms with van der Waals surface area (Å²) in [6.07, 6.45) is 5.04. The van der Waals surface area contributed by atoms with Crippen LogP contribution in [0.4, 0.5) is 0 Å². The van der Waals surface area contributed by atoms with Gasteiger partial charge in [-0.1, -0.05) is 0 Å². The highest BCUT2D eigenvalue weighted by Crippen LogP contribution is 2.17. The second-order valence-electron chi connectivity index (χ2n) is 3.65. The van der Waals surface area contributed by atoms with Crippen LogP contribution in [0.15, 0.2) is 4.99 Å². The van der Waals surface area contributed by atoms with Gasteiger partial charge in [-0.2, -0.15) is 0 Å². The molecule has 1 saturated heterocycles. The minimum Gasteiger partial charge on any atom is -0.298 e. The van der Waals surface area contributed by atoms with Crippen LogP contribution in [0.3, 0.4) is 0 Å². The number of hydrogen-bond acceptors (Lipinski definition) is 3. The fourth-order valence-electron chi connectivity index (χ4n) is 1.61. The van der Waals surface area contributed by atoms with E-state index in [1.54, 1.807) is 4.31 Å². The largest absolute Gasteiger partial charge is 0.298 e. The van der Waals surface area contributed by atoms with Crippen LogP contribution in [0.5, 0.6) is 0 Å². The molecule has 0 aromatic rings. The van der Waals surface area contributed by atoms with Gasteiger partial charge in [0.05, 0.1) is 6.26 Å². The van der Waals surface area contributed by atoms with Gasteiger partial charge in [-0.05, 0) is 25.7 Å². The molecule has 1 aliphatic rings. The van der Waals surface area contributed by atoms with Crippen LogP contribution >= 0.6 is 0 Å². The minimum absolute atomic E-state index is 0.466. The van der Waals surface area contributed by atoms with Crippen LogP contribution in [0.2, 0.25) is 0 Å². The fourth-order valence-corrected chi connectivity index (χ4v) is 2.49. The molecule has 0 bridgehead atoms. The molecule has 0 aromatic carbocycles. The van der Waals surface area contributed by atoms with Gasteiger partial charge in [-0.15, -0.1) is 0 Å². The van der Waals surface area contributed by atoms with Crippen LogP contribution in [0.25, 0.3) is 0 Å². The number of sulfonamides is 1. The molecule has 1 heterocycles. The third kappa shape index (κ3) is 3.38. The molecule has 82 valence electrons. The van der Waals surface area contributed by atoms with E-state index in [4.69, 9.17) is 0 Å². The molecule has 0 aromatic heterocycles. The van der Waals surface area contributed by atoms with Crippen molar-refractivity contribution in [3.05, 3.63) is 0 Å². The lowest BCUT2D eigenvalue weighted by Crippen LogP contribution is -2.38. The molecule has 0 radical (unpaired) electrons. The maximum atomic E-state index is 11.2. The highest BCUT2D eigenvalue weighted by Gasteiger charge is 2.23. The topological polar surface area (TPSA) is 49.7 Å². The average molecular weight is 218 g/mol. The maximum Gasteiger partial charge on any atom is 0.211 e. The second kappa shape index (κ2) is 4.89. The second-order valence-corrected chi connectivity index (χ2v) is 5.63. The highest BCUT2D eigenvalue weighted by atomic mass is 32.2. The van der Waals surface area contributed by atoms with Crippen molar-refractivity contribution in [2.45, 2.75) is 19.8 Å². The van der Waals surface area contributed by atoms with Crippen molar-refractivity contribution in [1.82, 2.24) is 4.31 Å². The first-order chi connectivity index (χ1) is 6.54. The Bertz CT molecular complexity index is 290. The average Bonchev–Trinajstić information content (AvgIpc) is 2.14. The summed E-state index contributed by atoms with van der Waals surface area (Å²) in [6, 6.07) is 0. The summed E-state index contributed by atoms with van der Waals surface area (Å²) in [5, 5.41) is 0. The van der Waals surface area contributed by atoms with Crippen LogP contribution in [-0.2, 0) is 10.0 Å². The summed E-state index contributed by atoms with van der Waals surface area (Å²) >= 11 is 0. The lowest BCUT2D eigenvalue weighted by Gasteiger charge is -2.28. The standard InChI is InChI=1S/C9H18N2O2S/c1-3-10-8-9-4-6-11(7-5-9)14(2,12)13/h8-9H,3-7H2,1-2H3. The van der Waals surface area contributed by atoms with Gasteiger partial charge >= 0.3 is 0 Å². The van der Waals surface area contributed by atoms with Gasteiger partial charge in [-0.3, -0.25) is 4.99 Å². The van der Waals surface area contributed by atoms with Crippen molar-refractivity contribution in [3.8, 4) is 0 Å². The molecular weight excluding hydrogens is 200 g/mol. The van der Waals surface area contributed by atoms with Gasteiger partial charge in [0, 0.05) is 25.8 Å². The zero-order valence-electron chi connectivity index (χ0n) is 8.81. The summed E-state index contributed by atoms with van der Waals surface area (Å²) < 4.78 is 23.9.